The van der Waals surface area contributed by atoms with E-state index in [-0.39, 0.29) is 41.7 Å². The molecular formula is C32H36N2O2S. The molecule has 2 heterocycles. The van der Waals surface area contributed by atoms with Gasteiger partial charge in [-0.15, -0.1) is 17.9 Å². The van der Waals surface area contributed by atoms with Gasteiger partial charge >= 0.3 is 0 Å². The van der Waals surface area contributed by atoms with E-state index in [9.17, 15) is 9.59 Å². The van der Waals surface area contributed by atoms with E-state index in [1.54, 1.807) is 22.3 Å². The normalized spacial score (nSPS) is 20.7. The molecule has 3 aromatic rings. The van der Waals surface area contributed by atoms with Gasteiger partial charge in [0.1, 0.15) is 6.54 Å². The average molecular weight is 513 g/mol. The van der Waals surface area contributed by atoms with Crippen LogP contribution in [-0.2, 0) is 21.4 Å². The Kier molecular flexibility index (Phi) is 7.09. The Morgan fingerprint density at radius 3 is 2.46 bits per heavy atom. The van der Waals surface area contributed by atoms with Crippen molar-refractivity contribution >= 4 is 23.2 Å². The number of hydrogen-bond donors (Lipinski definition) is 0. The van der Waals surface area contributed by atoms with E-state index in [0.29, 0.717) is 13.1 Å². The summed E-state index contributed by atoms with van der Waals surface area (Å²) in [5, 5.41) is 2.12. The second-order valence-electron chi connectivity index (χ2n) is 11.3. The first-order chi connectivity index (χ1) is 17.8. The number of thiophene rings is 1. The summed E-state index contributed by atoms with van der Waals surface area (Å²) < 4.78 is 0. The summed E-state index contributed by atoms with van der Waals surface area (Å²) in [7, 11) is 0. The van der Waals surface area contributed by atoms with Crippen LogP contribution in [0.1, 0.15) is 66.3 Å². The maximum absolute atomic E-state index is 13.8. The van der Waals surface area contributed by atoms with Crippen molar-refractivity contribution in [3.05, 3.63) is 106 Å². The zero-order valence-corrected chi connectivity index (χ0v) is 22.8. The number of benzene rings is 2. The Morgan fingerprint density at radius 2 is 1.78 bits per heavy atom. The average Bonchev–Trinajstić information content (AvgIpc) is 3.55. The number of fused-ring (bicyclic) bond motifs is 1. The fraction of sp³-hybridized carbons (Fsp3) is 0.375. The standard InChI is InChI=1S/C32H36N2O2S/c1-5-17-33(31(36)27-20-26(27)22-9-7-6-8-10-22)21-29(35)34-18-15-28-25(16-19-37-28)30(34)23-11-13-24(14-12-23)32(2,3)4/h5-14,16,19,26-27,30H,1,15,17-18,20-21H2,2-4H3/t26-,27?,30?/m0/s1. The number of nitrogens with zero attached hydrogens (tertiary/aromatic N) is 2. The summed E-state index contributed by atoms with van der Waals surface area (Å²) in [5.74, 6) is 0.240. The molecule has 192 valence electrons. The molecule has 0 radical (unpaired) electrons. The lowest BCUT2D eigenvalue weighted by molar-refractivity contribution is -0.142. The van der Waals surface area contributed by atoms with Crippen LogP contribution in [0.25, 0.3) is 0 Å². The minimum Gasteiger partial charge on any atom is -0.330 e. The molecule has 1 aromatic heterocycles. The van der Waals surface area contributed by atoms with Crippen molar-refractivity contribution < 1.29 is 9.59 Å². The summed E-state index contributed by atoms with van der Waals surface area (Å²) >= 11 is 1.77. The van der Waals surface area contributed by atoms with Crippen molar-refractivity contribution in [1.29, 1.82) is 0 Å². The molecule has 3 atom stereocenters. The van der Waals surface area contributed by atoms with Gasteiger partial charge in [-0.2, -0.15) is 0 Å². The topological polar surface area (TPSA) is 40.6 Å². The molecule has 5 rings (SSSR count). The molecule has 1 aliphatic carbocycles. The van der Waals surface area contributed by atoms with Gasteiger partial charge in [0.2, 0.25) is 11.8 Å². The summed E-state index contributed by atoms with van der Waals surface area (Å²) in [5.41, 5.74) is 4.87. The van der Waals surface area contributed by atoms with Gasteiger partial charge in [0.05, 0.1) is 6.04 Å². The number of rotatable bonds is 7. The van der Waals surface area contributed by atoms with Crippen LogP contribution in [0.4, 0.5) is 0 Å². The highest BCUT2D eigenvalue weighted by Crippen LogP contribution is 2.48. The van der Waals surface area contributed by atoms with E-state index in [1.165, 1.54) is 21.6 Å². The van der Waals surface area contributed by atoms with Crippen molar-refractivity contribution in [2.24, 2.45) is 5.92 Å². The van der Waals surface area contributed by atoms with Crippen molar-refractivity contribution in [3.63, 3.8) is 0 Å². The van der Waals surface area contributed by atoms with Gasteiger partial charge in [0, 0.05) is 23.9 Å². The van der Waals surface area contributed by atoms with Gasteiger partial charge in [-0.05, 0) is 57.9 Å². The van der Waals surface area contributed by atoms with Gasteiger partial charge < -0.3 is 9.80 Å². The number of hydrogen-bond acceptors (Lipinski definition) is 3. The molecule has 1 aliphatic heterocycles. The summed E-state index contributed by atoms with van der Waals surface area (Å²) in [4.78, 5) is 32.3. The van der Waals surface area contributed by atoms with Crippen LogP contribution in [0.2, 0.25) is 0 Å². The van der Waals surface area contributed by atoms with E-state index in [4.69, 9.17) is 0 Å². The van der Waals surface area contributed by atoms with Gasteiger partial charge in [0.15, 0.2) is 0 Å². The van der Waals surface area contributed by atoms with Gasteiger partial charge in [0.25, 0.3) is 0 Å². The molecule has 2 unspecified atom stereocenters. The first kappa shape index (κ1) is 25.5. The van der Waals surface area contributed by atoms with Crippen LogP contribution in [-0.4, -0.2) is 41.2 Å². The SMILES string of the molecule is C=CCN(CC(=O)N1CCc2sccc2C1c1ccc(C(C)(C)C)cc1)C(=O)C1C[C@H]1c1ccccc1. The monoisotopic (exact) mass is 512 g/mol. The first-order valence-electron chi connectivity index (χ1n) is 13.2. The van der Waals surface area contributed by atoms with Crippen molar-refractivity contribution in [2.75, 3.05) is 19.6 Å². The lowest BCUT2D eigenvalue weighted by Crippen LogP contribution is -2.47. The highest BCUT2D eigenvalue weighted by molar-refractivity contribution is 7.10. The van der Waals surface area contributed by atoms with E-state index >= 15 is 0 Å². The Hall–Kier alpha value is -3.18. The summed E-state index contributed by atoms with van der Waals surface area (Å²) in [6, 6.07) is 20.9. The molecule has 0 N–H and O–H groups in total. The third-order valence-electron chi connectivity index (χ3n) is 7.70. The molecule has 2 amide bonds. The van der Waals surface area contributed by atoms with Gasteiger partial charge in [-0.25, -0.2) is 0 Å². The second kappa shape index (κ2) is 10.3. The molecule has 0 saturated heterocycles. The zero-order valence-electron chi connectivity index (χ0n) is 22.0. The minimum absolute atomic E-state index is 0.00569. The third kappa shape index (κ3) is 5.28. The van der Waals surface area contributed by atoms with E-state index in [2.05, 4.69) is 75.2 Å². The predicted octanol–water partition coefficient (Wildman–Crippen LogP) is 6.34. The smallest absolute Gasteiger partial charge is 0.243 e. The van der Waals surface area contributed by atoms with Crippen molar-refractivity contribution in [3.8, 4) is 0 Å². The Balaban J connectivity index is 1.36. The Labute approximate surface area is 224 Å². The molecule has 1 fully saturated rings. The fourth-order valence-corrected chi connectivity index (χ4v) is 6.43. The highest BCUT2D eigenvalue weighted by atomic mass is 32.1. The summed E-state index contributed by atoms with van der Waals surface area (Å²) in [6.07, 6.45) is 3.42. The number of carbonyl (C=O) groups excluding carboxylic acids is 2. The molecule has 2 aromatic carbocycles. The molecular weight excluding hydrogens is 476 g/mol. The second-order valence-corrected chi connectivity index (χ2v) is 12.3. The zero-order chi connectivity index (χ0) is 26.2. The third-order valence-corrected chi connectivity index (χ3v) is 8.70. The van der Waals surface area contributed by atoms with Crippen molar-refractivity contribution in [2.45, 2.75) is 51.0 Å². The largest absolute Gasteiger partial charge is 0.330 e. The van der Waals surface area contributed by atoms with E-state index in [1.807, 2.05) is 23.1 Å². The van der Waals surface area contributed by atoms with Crippen molar-refractivity contribution in [1.82, 2.24) is 9.80 Å². The first-order valence-corrected chi connectivity index (χ1v) is 14.1. The van der Waals surface area contributed by atoms with Crippen LogP contribution in [0, 0.1) is 5.92 Å². The number of carbonyl (C=O) groups is 2. The minimum atomic E-state index is -0.129. The lowest BCUT2D eigenvalue weighted by Gasteiger charge is -2.37. The maximum atomic E-state index is 13.8. The molecule has 2 aliphatic rings. The molecule has 37 heavy (non-hydrogen) atoms. The molecule has 5 heteroatoms. The molecule has 0 bridgehead atoms. The summed E-state index contributed by atoms with van der Waals surface area (Å²) in [6.45, 7) is 11.6. The Bertz CT molecular complexity index is 1270. The van der Waals surface area contributed by atoms with Gasteiger partial charge in [-0.3, -0.25) is 9.59 Å². The van der Waals surface area contributed by atoms with Crippen LogP contribution >= 0.6 is 11.3 Å². The van der Waals surface area contributed by atoms with Crippen LogP contribution in [0.5, 0.6) is 0 Å². The van der Waals surface area contributed by atoms with Crippen LogP contribution in [0.15, 0.2) is 78.7 Å². The van der Waals surface area contributed by atoms with Crippen LogP contribution < -0.4 is 0 Å². The van der Waals surface area contributed by atoms with Crippen LogP contribution in [0.3, 0.4) is 0 Å². The molecule has 1 saturated carbocycles. The van der Waals surface area contributed by atoms with E-state index in [0.717, 1.165) is 18.4 Å². The molecule has 0 spiro atoms. The maximum Gasteiger partial charge on any atom is 0.243 e. The van der Waals surface area contributed by atoms with Gasteiger partial charge in [-0.1, -0.05) is 81.4 Å². The van der Waals surface area contributed by atoms with E-state index < -0.39 is 0 Å². The highest BCUT2D eigenvalue weighted by Gasteiger charge is 2.46. The fourth-order valence-electron chi connectivity index (χ4n) is 5.52. The number of amides is 2. The Morgan fingerprint density at radius 1 is 1.05 bits per heavy atom. The quantitative estimate of drug-likeness (QED) is 0.347. The lowest BCUT2D eigenvalue weighted by atomic mass is 9.85. The predicted molar refractivity (Wildman–Crippen MR) is 151 cm³/mol. The molecule has 4 nitrogen and oxygen atoms in total.